The van der Waals surface area contributed by atoms with E-state index in [-0.39, 0.29) is 11.8 Å². The normalized spacial score (nSPS) is 20.5. The number of para-hydroxylation sites is 1. The molecule has 1 atom stereocenters. The fourth-order valence-electron chi connectivity index (χ4n) is 2.20. The summed E-state index contributed by atoms with van der Waals surface area (Å²) in [5.74, 6) is 1.28. The van der Waals surface area contributed by atoms with Crippen molar-refractivity contribution in [2.24, 2.45) is 0 Å². The highest BCUT2D eigenvalue weighted by atomic mass is 16.3. The number of nitrogens with zero attached hydrogens (tertiary/aromatic N) is 2. The van der Waals surface area contributed by atoms with Crippen LogP contribution in [0.15, 0.2) is 18.2 Å². The maximum atomic E-state index is 9.71. The van der Waals surface area contributed by atoms with Crippen molar-refractivity contribution in [3.63, 3.8) is 0 Å². The largest absolute Gasteiger partial charge is 0.506 e. The van der Waals surface area contributed by atoms with E-state index < -0.39 is 0 Å². The lowest BCUT2D eigenvalue weighted by Crippen LogP contribution is -2.31. The van der Waals surface area contributed by atoms with Gasteiger partial charge < -0.3 is 15.0 Å². The third-order valence-corrected chi connectivity index (χ3v) is 2.96. The highest BCUT2D eigenvalue weighted by Crippen LogP contribution is 2.28. The first-order chi connectivity index (χ1) is 7.27. The van der Waals surface area contributed by atoms with E-state index in [2.05, 4.69) is 21.8 Å². The first-order valence-electron chi connectivity index (χ1n) is 5.19. The molecule has 2 N–H and O–H groups in total. The Labute approximate surface area is 87.5 Å². The molecular formula is C11H13N3O. The summed E-state index contributed by atoms with van der Waals surface area (Å²) < 4.78 is 2.18. The maximum absolute atomic E-state index is 9.71. The van der Waals surface area contributed by atoms with Crippen LogP contribution in [0.25, 0.3) is 11.0 Å². The smallest absolute Gasteiger partial charge is 0.143 e. The van der Waals surface area contributed by atoms with Gasteiger partial charge in [-0.25, -0.2) is 4.98 Å². The van der Waals surface area contributed by atoms with Crippen molar-refractivity contribution in [1.29, 1.82) is 0 Å². The summed E-state index contributed by atoms with van der Waals surface area (Å²) in [6.07, 6.45) is 0. The van der Waals surface area contributed by atoms with Gasteiger partial charge in [0.05, 0.1) is 11.6 Å². The summed E-state index contributed by atoms with van der Waals surface area (Å²) in [5.41, 5.74) is 1.74. The third-order valence-electron chi connectivity index (χ3n) is 2.96. The summed E-state index contributed by atoms with van der Waals surface area (Å²) in [7, 11) is 0. The van der Waals surface area contributed by atoms with Gasteiger partial charge in [-0.15, -0.1) is 0 Å². The summed E-state index contributed by atoms with van der Waals surface area (Å²) >= 11 is 0. The lowest BCUT2D eigenvalue weighted by molar-refractivity contribution is 0.443. The number of imidazole rings is 1. The second-order valence-electron chi connectivity index (χ2n) is 3.94. The molecule has 0 aliphatic carbocycles. The molecule has 4 nitrogen and oxygen atoms in total. The van der Waals surface area contributed by atoms with E-state index in [0.29, 0.717) is 5.52 Å². The van der Waals surface area contributed by atoms with Gasteiger partial charge in [-0.3, -0.25) is 0 Å². The van der Waals surface area contributed by atoms with Crippen molar-refractivity contribution in [3.05, 3.63) is 24.0 Å². The van der Waals surface area contributed by atoms with Gasteiger partial charge in [0, 0.05) is 13.1 Å². The van der Waals surface area contributed by atoms with Gasteiger partial charge in [-0.2, -0.15) is 0 Å². The van der Waals surface area contributed by atoms with Gasteiger partial charge in [0.2, 0.25) is 0 Å². The number of benzene rings is 1. The highest BCUT2D eigenvalue weighted by Gasteiger charge is 2.20. The standard InChI is InChI=1S/C11H13N3O/c1-7-11-13-10-8(3-2-4-9(10)15)14(11)6-5-12-7/h2-4,7,12,15H,5-6H2,1H3. The van der Waals surface area contributed by atoms with Crippen molar-refractivity contribution < 1.29 is 5.11 Å². The number of phenolic OH excluding ortho intramolecular Hbond substituents is 1. The molecule has 15 heavy (non-hydrogen) atoms. The Morgan fingerprint density at radius 3 is 3.27 bits per heavy atom. The Morgan fingerprint density at radius 1 is 1.53 bits per heavy atom. The van der Waals surface area contributed by atoms with E-state index in [0.717, 1.165) is 24.4 Å². The zero-order chi connectivity index (χ0) is 10.4. The minimum atomic E-state index is 0.255. The van der Waals surface area contributed by atoms with E-state index in [1.165, 1.54) is 0 Å². The zero-order valence-electron chi connectivity index (χ0n) is 8.57. The molecule has 0 fully saturated rings. The van der Waals surface area contributed by atoms with Gasteiger partial charge in [-0.1, -0.05) is 6.07 Å². The molecule has 0 saturated heterocycles. The number of hydrogen-bond donors (Lipinski definition) is 2. The number of aromatic hydroxyl groups is 1. The zero-order valence-corrected chi connectivity index (χ0v) is 8.57. The molecule has 0 amide bonds. The number of aromatic nitrogens is 2. The fraction of sp³-hybridized carbons (Fsp3) is 0.364. The predicted molar refractivity (Wildman–Crippen MR) is 57.8 cm³/mol. The van der Waals surface area contributed by atoms with Crippen molar-refractivity contribution in [2.75, 3.05) is 6.54 Å². The molecule has 2 heterocycles. The van der Waals surface area contributed by atoms with Crippen LogP contribution in [0.3, 0.4) is 0 Å². The number of rotatable bonds is 0. The van der Waals surface area contributed by atoms with Gasteiger partial charge in [-0.05, 0) is 19.1 Å². The number of phenols is 1. The van der Waals surface area contributed by atoms with Crippen LogP contribution in [0.2, 0.25) is 0 Å². The van der Waals surface area contributed by atoms with E-state index in [1.807, 2.05) is 12.1 Å². The average molecular weight is 203 g/mol. The molecule has 1 aliphatic heterocycles. The number of hydrogen-bond acceptors (Lipinski definition) is 3. The minimum Gasteiger partial charge on any atom is -0.506 e. The van der Waals surface area contributed by atoms with Crippen molar-refractivity contribution in [2.45, 2.75) is 19.5 Å². The predicted octanol–water partition coefficient (Wildman–Crippen LogP) is 1.41. The number of fused-ring (bicyclic) bond motifs is 3. The van der Waals surface area contributed by atoms with E-state index in [4.69, 9.17) is 0 Å². The molecule has 1 aromatic carbocycles. The van der Waals surface area contributed by atoms with Gasteiger partial charge in [0.15, 0.2) is 0 Å². The summed E-state index contributed by atoms with van der Waals surface area (Å²) in [5, 5.41) is 13.1. The summed E-state index contributed by atoms with van der Waals surface area (Å²) in [6.45, 7) is 3.96. The molecule has 1 aromatic heterocycles. The van der Waals surface area contributed by atoms with Gasteiger partial charge in [0.1, 0.15) is 17.1 Å². The monoisotopic (exact) mass is 203 g/mol. The van der Waals surface area contributed by atoms with Crippen molar-refractivity contribution >= 4 is 11.0 Å². The Kier molecular flexibility index (Phi) is 1.73. The Bertz CT molecular complexity index is 518. The first kappa shape index (κ1) is 8.73. The molecule has 0 radical (unpaired) electrons. The Hall–Kier alpha value is -1.55. The number of nitrogens with one attached hydrogen (secondary N) is 1. The molecule has 1 aliphatic rings. The lowest BCUT2D eigenvalue weighted by atomic mass is 10.2. The first-order valence-corrected chi connectivity index (χ1v) is 5.19. The average Bonchev–Trinajstić information content (AvgIpc) is 2.60. The molecule has 0 spiro atoms. The molecule has 78 valence electrons. The fourth-order valence-corrected chi connectivity index (χ4v) is 2.20. The van der Waals surface area contributed by atoms with E-state index in [9.17, 15) is 5.11 Å². The van der Waals surface area contributed by atoms with Crippen LogP contribution < -0.4 is 5.32 Å². The highest BCUT2D eigenvalue weighted by molar-refractivity contribution is 5.82. The summed E-state index contributed by atoms with van der Waals surface area (Å²) in [6, 6.07) is 5.80. The van der Waals surface area contributed by atoms with Crippen LogP contribution in [-0.4, -0.2) is 21.2 Å². The van der Waals surface area contributed by atoms with Crippen LogP contribution in [0.1, 0.15) is 18.8 Å². The van der Waals surface area contributed by atoms with Crippen LogP contribution in [0.5, 0.6) is 5.75 Å². The van der Waals surface area contributed by atoms with Crippen LogP contribution in [-0.2, 0) is 6.54 Å². The topological polar surface area (TPSA) is 50.1 Å². The molecule has 0 bridgehead atoms. The molecular weight excluding hydrogens is 190 g/mol. The molecule has 4 heteroatoms. The SMILES string of the molecule is CC1NCCn2c1nc1c(O)cccc12. The Morgan fingerprint density at radius 2 is 2.40 bits per heavy atom. The molecule has 2 aromatic rings. The Balaban J connectivity index is 2.35. The molecule has 1 unspecified atom stereocenters. The molecule has 0 saturated carbocycles. The van der Waals surface area contributed by atoms with Crippen molar-refractivity contribution in [3.8, 4) is 5.75 Å². The van der Waals surface area contributed by atoms with E-state index in [1.54, 1.807) is 6.07 Å². The second-order valence-corrected chi connectivity index (χ2v) is 3.94. The summed E-state index contributed by atoms with van der Waals surface area (Å²) in [4.78, 5) is 4.48. The third kappa shape index (κ3) is 1.15. The lowest BCUT2D eigenvalue weighted by Gasteiger charge is -2.21. The molecule has 3 rings (SSSR count). The van der Waals surface area contributed by atoms with E-state index >= 15 is 0 Å². The van der Waals surface area contributed by atoms with Crippen LogP contribution in [0.4, 0.5) is 0 Å². The van der Waals surface area contributed by atoms with Crippen LogP contribution in [0, 0.1) is 0 Å². The van der Waals surface area contributed by atoms with Crippen molar-refractivity contribution in [1.82, 2.24) is 14.9 Å². The van der Waals surface area contributed by atoms with Gasteiger partial charge >= 0.3 is 0 Å². The van der Waals surface area contributed by atoms with Gasteiger partial charge in [0.25, 0.3) is 0 Å². The minimum absolute atomic E-state index is 0.255. The maximum Gasteiger partial charge on any atom is 0.143 e. The quantitative estimate of drug-likeness (QED) is 0.680. The second kappa shape index (κ2) is 2.97. The van der Waals surface area contributed by atoms with Crippen LogP contribution >= 0.6 is 0 Å².